The van der Waals surface area contributed by atoms with E-state index in [-0.39, 0.29) is 5.91 Å². The molecule has 5 rings (SSSR count). The van der Waals surface area contributed by atoms with Crippen LogP contribution in [0.3, 0.4) is 0 Å². The fourth-order valence-electron chi connectivity index (χ4n) is 4.04. The van der Waals surface area contributed by atoms with Crippen LogP contribution in [0.1, 0.15) is 28.9 Å². The standard InChI is InChI=1S/C23H23N3O/c1-15-6-5-7-17(12-15)24-23(27)21-13-20-22(25(21)2)18-8-3-4-9-19(18)26(20)14-16-10-11-16/h3-9,12-13,16H,10-11,14H2,1-2H3,(H,24,27). The highest BCUT2D eigenvalue weighted by Gasteiger charge is 2.26. The highest BCUT2D eigenvalue weighted by atomic mass is 16.1. The topological polar surface area (TPSA) is 39.0 Å². The van der Waals surface area contributed by atoms with Crippen molar-refractivity contribution in [1.29, 1.82) is 0 Å². The third kappa shape index (κ3) is 2.72. The summed E-state index contributed by atoms with van der Waals surface area (Å²) in [4.78, 5) is 13.0. The smallest absolute Gasteiger partial charge is 0.272 e. The summed E-state index contributed by atoms with van der Waals surface area (Å²) in [6.07, 6.45) is 2.61. The van der Waals surface area contributed by atoms with Gasteiger partial charge in [0.1, 0.15) is 5.69 Å². The maximum atomic E-state index is 13.0. The molecule has 2 heterocycles. The Balaban J connectivity index is 1.61. The zero-order valence-corrected chi connectivity index (χ0v) is 15.7. The monoisotopic (exact) mass is 357 g/mol. The summed E-state index contributed by atoms with van der Waals surface area (Å²) in [5, 5.41) is 4.26. The fourth-order valence-corrected chi connectivity index (χ4v) is 4.04. The van der Waals surface area contributed by atoms with E-state index in [1.54, 1.807) is 0 Å². The lowest BCUT2D eigenvalue weighted by molar-refractivity contribution is 0.102. The van der Waals surface area contributed by atoms with E-state index in [1.807, 2.05) is 48.9 Å². The normalized spacial score (nSPS) is 14.1. The first-order chi connectivity index (χ1) is 13.1. The highest BCUT2D eigenvalue weighted by molar-refractivity contribution is 6.12. The van der Waals surface area contributed by atoms with Gasteiger partial charge in [-0.05, 0) is 55.5 Å². The Kier molecular flexibility index (Phi) is 3.61. The number of carbonyl (C=O) groups excluding carboxylic acids is 1. The molecule has 0 unspecified atom stereocenters. The quantitative estimate of drug-likeness (QED) is 0.542. The molecule has 0 saturated heterocycles. The van der Waals surface area contributed by atoms with Crippen molar-refractivity contribution in [2.75, 3.05) is 5.32 Å². The van der Waals surface area contributed by atoms with Crippen molar-refractivity contribution in [3.63, 3.8) is 0 Å². The summed E-state index contributed by atoms with van der Waals surface area (Å²) in [6, 6.07) is 18.5. The Hall–Kier alpha value is -3.01. The van der Waals surface area contributed by atoms with Crippen molar-refractivity contribution in [2.45, 2.75) is 26.3 Å². The number of aryl methyl sites for hydroxylation is 2. The molecule has 1 aliphatic carbocycles. The van der Waals surface area contributed by atoms with Gasteiger partial charge in [0.25, 0.3) is 5.91 Å². The highest BCUT2D eigenvalue weighted by Crippen LogP contribution is 2.37. The summed E-state index contributed by atoms with van der Waals surface area (Å²) in [5.74, 6) is 0.704. The van der Waals surface area contributed by atoms with E-state index in [1.165, 1.54) is 23.7 Å². The van der Waals surface area contributed by atoms with Gasteiger partial charge in [-0.2, -0.15) is 0 Å². The van der Waals surface area contributed by atoms with Crippen LogP contribution in [0.25, 0.3) is 21.9 Å². The number of benzene rings is 2. The predicted molar refractivity (Wildman–Crippen MR) is 110 cm³/mol. The van der Waals surface area contributed by atoms with Gasteiger partial charge in [-0.3, -0.25) is 4.79 Å². The Bertz CT molecular complexity index is 1180. The molecular weight excluding hydrogens is 334 g/mol. The van der Waals surface area contributed by atoms with Crippen LogP contribution in [0.4, 0.5) is 5.69 Å². The van der Waals surface area contributed by atoms with Crippen LogP contribution >= 0.6 is 0 Å². The lowest BCUT2D eigenvalue weighted by Crippen LogP contribution is -2.15. The van der Waals surface area contributed by atoms with E-state index in [0.717, 1.165) is 34.7 Å². The molecular formula is C23H23N3O. The first kappa shape index (κ1) is 16.2. The number of para-hydroxylation sites is 1. The molecule has 4 heteroatoms. The van der Waals surface area contributed by atoms with E-state index < -0.39 is 0 Å². The summed E-state index contributed by atoms with van der Waals surface area (Å²) < 4.78 is 4.43. The molecule has 136 valence electrons. The molecule has 1 aliphatic rings. The van der Waals surface area contributed by atoms with E-state index >= 15 is 0 Å². The third-order valence-electron chi connectivity index (χ3n) is 5.60. The molecule has 1 fully saturated rings. The average molecular weight is 357 g/mol. The van der Waals surface area contributed by atoms with Gasteiger partial charge in [0.2, 0.25) is 0 Å². The molecule has 27 heavy (non-hydrogen) atoms. The van der Waals surface area contributed by atoms with Gasteiger partial charge >= 0.3 is 0 Å². The Morgan fingerprint density at radius 2 is 1.89 bits per heavy atom. The van der Waals surface area contributed by atoms with Gasteiger partial charge in [0.05, 0.1) is 16.6 Å². The molecule has 1 N–H and O–H groups in total. The van der Waals surface area contributed by atoms with Crippen molar-refractivity contribution >= 4 is 33.5 Å². The van der Waals surface area contributed by atoms with Crippen molar-refractivity contribution in [3.8, 4) is 0 Å². The van der Waals surface area contributed by atoms with Gasteiger partial charge in [0, 0.05) is 24.7 Å². The van der Waals surface area contributed by atoms with Gasteiger partial charge in [-0.1, -0.05) is 30.3 Å². The van der Waals surface area contributed by atoms with E-state index in [4.69, 9.17) is 0 Å². The molecule has 0 spiro atoms. The first-order valence-electron chi connectivity index (χ1n) is 9.56. The number of fused-ring (bicyclic) bond motifs is 3. The molecule has 2 aromatic carbocycles. The minimum atomic E-state index is -0.0682. The summed E-state index contributed by atoms with van der Waals surface area (Å²) in [5.41, 5.74) is 6.20. The number of amides is 1. The summed E-state index contributed by atoms with van der Waals surface area (Å²) in [7, 11) is 1.99. The second-order valence-electron chi connectivity index (χ2n) is 7.72. The Labute approximate surface area is 158 Å². The van der Waals surface area contributed by atoms with Crippen LogP contribution in [-0.2, 0) is 13.6 Å². The number of aromatic nitrogens is 2. The fraction of sp³-hybridized carbons (Fsp3) is 0.261. The van der Waals surface area contributed by atoms with Crippen LogP contribution in [-0.4, -0.2) is 15.0 Å². The van der Waals surface area contributed by atoms with Crippen molar-refractivity contribution < 1.29 is 4.79 Å². The van der Waals surface area contributed by atoms with Crippen LogP contribution in [0.2, 0.25) is 0 Å². The molecule has 0 radical (unpaired) electrons. The average Bonchev–Trinajstić information content (AvgIpc) is 3.33. The second kappa shape index (κ2) is 6.02. The van der Waals surface area contributed by atoms with Crippen LogP contribution < -0.4 is 5.32 Å². The van der Waals surface area contributed by atoms with Crippen LogP contribution in [0.15, 0.2) is 54.6 Å². The van der Waals surface area contributed by atoms with Gasteiger partial charge < -0.3 is 14.5 Å². The molecule has 0 atom stereocenters. The molecule has 4 nitrogen and oxygen atoms in total. The van der Waals surface area contributed by atoms with E-state index in [2.05, 4.69) is 34.1 Å². The minimum Gasteiger partial charge on any atom is -0.339 e. The van der Waals surface area contributed by atoms with E-state index in [9.17, 15) is 4.79 Å². The number of hydrogen-bond donors (Lipinski definition) is 1. The van der Waals surface area contributed by atoms with Gasteiger partial charge in [-0.15, -0.1) is 0 Å². The SMILES string of the molecule is Cc1cccc(NC(=O)c2cc3c(c4ccccc4n3CC3CC3)n2C)c1. The first-order valence-corrected chi connectivity index (χ1v) is 9.56. The van der Waals surface area contributed by atoms with Crippen molar-refractivity contribution in [2.24, 2.45) is 13.0 Å². The maximum Gasteiger partial charge on any atom is 0.272 e. The largest absolute Gasteiger partial charge is 0.339 e. The molecule has 1 saturated carbocycles. The Morgan fingerprint density at radius 3 is 2.67 bits per heavy atom. The Morgan fingerprint density at radius 1 is 1.07 bits per heavy atom. The maximum absolute atomic E-state index is 13.0. The summed E-state index contributed by atoms with van der Waals surface area (Å²) >= 11 is 0. The molecule has 4 aromatic rings. The zero-order valence-electron chi connectivity index (χ0n) is 15.7. The second-order valence-corrected chi connectivity index (χ2v) is 7.72. The van der Waals surface area contributed by atoms with Crippen LogP contribution in [0.5, 0.6) is 0 Å². The summed E-state index contributed by atoms with van der Waals surface area (Å²) in [6.45, 7) is 3.06. The lowest BCUT2D eigenvalue weighted by Gasteiger charge is -2.08. The van der Waals surface area contributed by atoms with Crippen molar-refractivity contribution in [3.05, 3.63) is 65.9 Å². The number of nitrogens with one attached hydrogen (secondary N) is 1. The zero-order chi connectivity index (χ0) is 18.5. The van der Waals surface area contributed by atoms with E-state index in [0.29, 0.717) is 5.69 Å². The number of nitrogens with zero attached hydrogens (tertiary/aromatic N) is 2. The third-order valence-corrected chi connectivity index (χ3v) is 5.60. The molecule has 0 aliphatic heterocycles. The molecule has 2 aromatic heterocycles. The van der Waals surface area contributed by atoms with Gasteiger partial charge in [-0.25, -0.2) is 0 Å². The van der Waals surface area contributed by atoms with Crippen molar-refractivity contribution in [1.82, 2.24) is 9.13 Å². The minimum absolute atomic E-state index is 0.0682. The van der Waals surface area contributed by atoms with Crippen LogP contribution in [0, 0.1) is 12.8 Å². The predicted octanol–water partition coefficient (Wildman–Crippen LogP) is 5.10. The lowest BCUT2D eigenvalue weighted by atomic mass is 10.2. The number of rotatable bonds is 4. The number of carbonyl (C=O) groups is 1. The number of hydrogen-bond acceptors (Lipinski definition) is 1. The molecule has 1 amide bonds. The number of anilines is 1. The molecule has 0 bridgehead atoms. The van der Waals surface area contributed by atoms with Gasteiger partial charge in [0.15, 0.2) is 0 Å².